The fourth-order valence-electron chi connectivity index (χ4n) is 2.02. The molecule has 0 aliphatic heterocycles. The Hall–Kier alpha value is -2.09. The van der Waals surface area contributed by atoms with E-state index in [1.54, 1.807) is 12.1 Å². The van der Waals surface area contributed by atoms with Gasteiger partial charge in [-0.05, 0) is 36.8 Å². The van der Waals surface area contributed by atoms with Gasteiger partial charge in [0.05, 0.1) is 16.6 Å². The summed E-state index contributed by atoms with van der Waals surface area (Å²) in [5.74, 6) is 0. The average Bonchev–Trinajstić information content (AvgIpc) is 3.16. The number of hydrogen-bond donors (Lipinski definition) is 1. The number of nitrogens with one attached hydrogen (secondary N) is 1. The van der Waals surface area contributed by atoms with Crippen LogP contribution in [0.25, 0.3) is 0 Å². The Labute approximate surface area is 106 Å². The number of anilines is 1. The Bertz CT molecular complexity index is 515. The molecular formula is C13H15N3O2. The molecule has 2 rings (SSSR count). The molecule has 1 aliphatic carbocycles. The second-order valence-electron chi connectivity index (χ2n) is 4.81. The summed E-state index contributed by atoms with van der Waals surface area (Å²) in [5.41, 5.74) is 1.10. The van der Waals surface area contributed by atoms with Crippen LogP contribution in [0.3, 0.4) is 0 Å². The first-order valence-corrected chi connectivity index (χ1v) is 6.03. The summed E-state index contributed by atoms with van der Waals surface area (Å²) in [6.07, 6.45) is 3.45. The maximum atomic E-state index is 11.0. The summed E-state index contributed by atoms with van der Waals surface area (Å²) in [6, 6.07) is 6.44. The number of benzene rings is 1. The van der Waals surface area contributed by atoms with Crippen molar-refractivity contribution in [2.24, 2.45) is 5.41 Å². The van der Waals surface area contributed by atoms with E-state index in [1.807, 2.05) is 6.07 Å². The maximum absolute atomic E-state index is 11.0. The zero-order chi connectivity index (χ0) is 13.2. The van der Waals surface area contributed by atoms with Crippen LogP contribution in [0.4, 0.5) is 11.4 Å². The lowest BCUT2D eigenvalue weighted by Gasteiger charge is -2.14. The van der Waals surface area contributed by atoms with E-state index in [-0.39, 0.29) is 5.69 Å². The van der Waals surface area contributed by atoms with Crippen molar-refractivity contribution in [2.75, 3.05) is 11.9 Å². The summed E-state index contributed by atoms with van der Waals surface area (Å²) in [6.45, 7) is 2.90. The van der Waals surface area contributed by atoms with Gasteiger partial charge in [0.1, 0.15) is 5.69 Å². The zero-order valence-electron chi connectivity index (χ0n) is 10.3. The van der Waals surface area contributed by atoms with Crippen LogP contribution in [0.2, 0.25) is 0 Å². The fourth-order valence-corrected chi connectivity index (χ4v) is 2.02. The molecule has 5 nitrogen and oxygen atoms in total. The number of nitro groups is 1. The molecule has 0 heterocycles. The van der Waals surface area contributed by atoms with Gasteiger partial charge in [0.2, 0.25) is 0 Å². The molecule has 0 spiro atoms. The molecule has 0 aromatic heterocycles. The van der Waals surface area contributed by atoms with Crippen LogP contribution in [0.1, 0.15) is 31.7 Å². The van der Waals surface area contributed by atoms with E-state index in [1.165, 1.54) is 18.9 Å². The summed E-state index contributed by atoms with van der Waals surface area (Å²) in [5, 5.41) is 22.9. The second-order valence-corrected chi connectivity index (χ2v) is 4.81. The lowest BCUT2D eigenvalue weighted by molar-refractivity contribution is -0.384. The third-order valence-corrected chi connectivity index (χ3v) is 3.68. The molecule has 5 heteroatoms. The highest BCUT2D eigenvalue weighted by Crippen LogP contribution is 2.48. The molecule has 0 unspecified atom stereocenters. The van der Waals surface area contributed by atoms with Crippen molar-refractivity contribution in [3.63, 3.8) is 0 Å². The van der Waals surface area contributed by atoms with Crippen LogP contribution in [0.5, 0.6) is 0 Å². The molecule has 1 aromatic carbocycles. The molecule has 0 saturated heterocycles. The number of nitrogens with zero attached hydrogens (tertiary/aromatic N) is 2. The predicted molar refractivity (Wildman–Crippen MR) is 68.3 cm³/mol. The molecule has 1 N–H and O–H groups in total. The standard InChI is InChI=1S/C13H15N3O2/c1-2-13(5-6-13)9-15-11-4-3-10(8-14)7-12(11)16(17)18/h3-4,7,15H,2,5-6,9H2,1H3. The fraction of sp³-hybridized carbons (Fsp3) is 0.462. The van der Waals surface area contributed by atoms with Gasteiger partial charge in [-0.2, -0.15) is 5.26 Å². The number of nitriles is 1. The van der Waals surface area contributed by atoms with Gasteiger partial charge in [0.25, 0.3) is 5.69 Å². The van der Waals surface area contributed by atoms with Crippen molar-refractivity contribution < 1.29 is 4.92 Å². The molecule has 1 aliphatic rings. The van der Waals surface area contributed by atoms with Crippen LogP contribution in [-0.2, 0) is 0 Å². The van der Waals surface area contributed by atoms with Gasteiger partial charge in [-0.15, -0.1) is 0 Å². The van der Waals surface area contributed by atoms with Crippen molar-refractivity contribution in [3.8, 4) is 6.07 Å². The highest BCUT2D eigenvalue weighted by molar-refractivity contribution is 5.64. The molecule has 18 heavy (non-hydrogen) atoms. The Kier molecular flexibility index (Phi) is 3.19. The van der Waals surface area contributed by atoms with Gasteiger partial charge >= 0.3 is 0 Å². The van der Waals surface area contributed by atoms with E-state index in [2.05, 4.69) is 12.2 Å². The number of hydrogen-bond acceptors (Lipinski definition) is 4. The third kappa shape index (κ3) is 2.43. The predicted octanol–water partition coefficient (Wildman–Crippen LogP) is 3.07. The van der Waals surface area contributed by atoms with E-state index in [0.717, 1.165) is 13.0 Å². The Morgan fingerprint density at radius 3 is 2.78 bits per heavy atom. The van der Waals surface area contributed by atoms with Crippen LogP contribution in [-0.4, -0.2) is 11.5 Å². The minimum atomic E-state index is -0.450. The minimum absolute atomic E-state index is 0.0269. The molecule has 1 aromatic rings. The van der Waals surface area contributed by atoms with Gasteiger partial charge in [-0.1, -0.05) is 6.92 Å². The summed E-state index contributed by atoms with van der Waals surface area (Å²) in [7, 11) is 0. The summed E-state index contributed by atoms with van der Waals surface area (Å²) in [4.78, 5) is 10.5. The van der Waals surface area contributed by atoms with E-state index >= 15 is 0 Å². The SMILES string of the molecule is CCC1(CNc2ccc(C#N)cc2[N+](=O)[O-])CC1. The molecule has 0 amide bonds. The second kappa shape index (κ2) is 4.65. The monoisotopic (exact) mass is 245 g/mol. The smallest absolute Gasteiger partial charge is 0.293 e. The minimum Gasteiger partial charge on any atom is -0.379 e. The average molecular weight is 245 g/mol. The van der Waals surface area contributed by atoms with E-state index in [0.29, 0.717) is 16.7 Å². The highest BCUT2D eigenvalue weighted by Gasteiger charge is 2.40. The zero-order valence-corrected chi connectivity index (χ0v) is 10.3. The van der Waals surface area contributed by atoms with Crippen molar-refractivity contribution in [1.82, 2.24) is 0 Å². The van der Waals surface area contributed by atoms with E-state index in [9.17, 15) is 10.1 Å². The van der Waals surface area contributed by atoms with E-state index < -0.39 is 4.92 Å². The van der Waals surface area contributed by atoms with Crippen molar-refractivity contribution in [3.05, 3.63) is 33.9 Å². The quantitative estimate of drug-likeness (QED) is 0.638. The maximum Gasteiger partial charge on any atom is 0.293 e. The largest absolute Gasteiger partial charge is 0.379 e. The van der Waals surface area contributed by atoms with E-state index in [4.69, 9.17) is 5.26 Å². The lowest BCUT2D eigenvalue weighted by Crippen LogP contribution is -2.15. The first kappa shape index (κ1) is 12.4. The van der Waals surface area contributed by atoms with Crippen molar-refractivity contribution >= 4 is 11.4 Å². The van der Waals surface area contributed by atoms with Crippen LogP contribution in [0.15, 0.2) is 18.2 Å². The van der Waals surface area contributed by atoms with Gasteiger partial charge in [0, 0.05) is 12.6 Å². The molecule has 0 bridgehead atoms. The lowest BCUT2D eigenvalue weighted by atomic mass is 10.0. The molecule has 1 fully saturated rings. The van der Waals surface area contributed by atoms with Crippen LogP contribution >= 0.6 is 0 Å². The van der Waals surface area contributed by atoms with Crippen LogP contribution < -0.4 is 5.32 Å². The highest BCUT2D eigenvalue weighted by atomic mass is 16.6. The van der Waals surface area contributed by atoms with Gasteiger partial charge in [0.15, 0.2) is 0 Å². The molecular weight excluding hydrogens is 230 g/mol. The third-order valence-electron chi connectivity index (χ3n) is 3.68. The van der Waals surface area contributed by atoms with Crippen molar-refractivity contribution in [1.29, 1.82) is 5.26 Å². The van der Waals surface area contributed by atoms with Crippen LogP contribution in [0, 0.1) is 26.9 Å². The van der Waals surface area contributed by atoms with Gasteiger partial charge in [-0.3, -0.25) is 10.1 Å². The topological polar surface area (TPSA) is 79.0 Å². The molecule has 1 saturated carbocycles. The van der Waals surface area contributed by atoms with Crippen molar-refractivity contribution in [2.45, 2.75) is 26.2 Å². The first-order valence-electron chi connectivity index (χ1n) is 6.03. The first-order chi connectivity index (χ1) is 8.60. The van der Waals surface area contributed by atoms with Gasteiger partial charge in [-0.25, -0.2) is 0 Å². The molecule has 94 valence electrons. The number of rotatable bonds is 5. The van der Waals surface area contributed by atoms with Gasteiger partial charge < -0.3 is 5.32 Å². The summed E-state index contributed by atoms with van der Waals surface area (Å²) < 4.78 is 0. The Morgan fingerprint density at radius 1 is 1.56 bits per heavy atom. The number of nitro benzene ring substituents is 1. The molecule has 0 atom stereocenters. The summed E-state index contributed by atoms with van der Waals surface area (Å²) >= 11 is 0. The normalized spacial score (nSPS) is 15.8. The Balaban J connectivity index is 2.17. The molecule has 0 radical (unpaired) electrons. The Morgan fingerprint density at radius 2 is 2.28 bits per heavy atom.